The van der Waals surface area contributed by atoms with E-state index in [2.05, 4.69) is 20.8 Å². The highest BCUT2D eigenvalue weighted by Gasteiger charge is 2.21. The number of aromatic nitrogens is 2. The summed E-state index contributed by atoms with van der Waals surface area (Å²) in [4.78, 5) is 25.0. The standard InChI is InChI=1S/C20H22N4O2/c1-11-9-12(2)17(13(3)10-11)22-19(25)14(4)21-20(26)18-15-7-5-6-8-16(15)23-24-18/h5-10,14H,1-4H3,(H,21,26)(H,22,25)(H,23,24). The van der Waals surface area contributed by atoms with Gasteiger partial charge in [0.05, 0.1) is 5.52 Å². The third-order valence-electron chi connectivity index (χ3n) is 4.35. The molecular weight excluding hydrogens is 328 g/mol. The van der Waals surface area contributed by atoms with Gasteiger partial charge >= 0.3 is 0 Å². The summed E-state index contributed by atoms with van der Waals surface area (Å²) < 4.78 is 0. The molecule has 1 heterocycles. The van der Waals surface area contributed by atoms with Crippen LogP contribution in [0.15, 0.2) is 36.4 Å². The predicted octanol–water partition coefficient (Wildman–Crippen LogP) is 3.25. The molecule has 0 aliphatic carbocycles. The number of aryl methyl sites for hydroxylation is 3. The highest BCUT2D eigenvalue weighted by Crippen LogP contribution is 2.22. The third-order valence-corrected chi connectivity index (χ3v) is 4.35. The summed E-state index contributed by atoms with van der Waals surface area (Å²) in [6.07, 6.45) is 0. The lowest BCUT2D eigenvalue weighted by atomic mass is 10.0. The molecule has 0 radical (unpaired) electrons. The topological polar surface area (TPSA) is 86.9 Å². The number of hydrogen-bond donors (Lipinski definition) is 3. The Labute approximate surface area is 152 Å². The van der Waals surface area contributed by atoms with Crippen LogP contribution in [0.5, 0.6) is 0 Å². The van der Waals surface area contributed by atoms with Crippen molar-refractivity contribution >= 4 is 28.4 Å². The number of benzene rings is 2. The largest absolute Gasteiger partial charge is 0.339 e. The summed E-state index contributed by atoms with van der Waals surface area (Å²) in [6, 6.07) is 10.7. The van der Waals surface area contributed by atoms with E-state index in [1.165, 1.54) is 0 Å². The third kappa shape index (κ3) is 3.44. The Hall–Kier alpha value is -3.15. The van der Waals surface area contributed by atoms with Crippen LogP contribution in [-0.4, -0.2) is 28.1 Å². The minimum Gasteiger partial charge on any atom is -0.339 e. The monoisotopic (exact) mass is 350 g/mol. The normalized spacial score (nSPS) is 12.0. The maximum absolute atomic E-state index is 12.5. The van der Waals surface area contributed by atoms with Crippen molar-refractivity contribution in [1.82, 2.24) is 15.5 Å². The van der Waals surface area contributed by atoms with Crippen LogP contribution in [-0.2, 0) is 4.79 Å². The SMILES string of the molecule is Cc1cc(C)c(NC(=O)C(C)NC(=O)c2n[nH]c3ccccc23)c(C)c1. The van der Waals surface area contributed by atoms with E-state index in [1.54, 1.807) is 6.92 Å². The number of fused-ring (bicyclic) bond motifs is 1. The summed E-state index contributed by atoms with van der Waals surface area (Å²) in [5.41, 5.74) is 4.97. The van der Waals surface area contributed by atoms with Crippen LogP contribution in [0, 0.1) is 20.8 Å². The molecule has 0 fully saturated rings. The van der Waals surface area contributed by atoms with Crippen molar-refractivity contribution < 1.29 is 9.59 Å². The number of hydrogen-bond acceptors (Lipinski definition) is 3. The molecule has 0 saturated heterocycles. The molecule has 6 nitrogen and oxygen atoms in total. The molecular formula is C20H22N4O2. The van der Waals surface area contributed by atoms with E-state index >= 15 is 0 Å². The van der Waals surface area contributed by atoms with Gasteiger partial charge in [-0.25, -0.2) is 0 Å². The number of anilines is 1. The maximum atomic E-state index is 12.5. The summed E-state index contributed by atoms with van der Waals surface area (Å²) in [5, 5.41) is 13.2. The molecule has 0 aliphatic heterocycles. The van der Waals surface area contributed by atoms with Gasteiger partial charge in [-0.3, -0.25) is 14.7 Å². The molecule has 6 heteroatoms. The second-order valence-corrected chi connectivity index (χ2v) is 6.58. The van der Waals surface area contributed by atoms with Crippen LogP contribution in [0.1, 0.15) is 34.1 Å². The van der Waals surface area contributed by atoms with E-state index in [0.29, 0.717) is 0 Å². The Morgan fingerprint density at radius 1 is 1.08 bits per heavy atom. The van der Waals surface area contributed by atoms with Crippen molar-refractivity contribution in [1.29, 1.82) is 0 Å². The number of H-pyrrole nitrogens is 1. The van der Waals surface area contributed by atoms with Gasteiger partial charge in [0.2, 0.25) is 5.91 Å². The van der Waals surface area contributed by atoms with Gasteiger partial charge in [0, 0.05) is 11.1 Å². The van der Waals surface area contributed by atoms with Crippen molar-refractivity contribution in [3.8, 4) is 0 Å². The van der Waals surface area contributed by atoms with E-state index in [1.807, 2.05) is 57.2 Å². The molecule has 0 aliphatic rings. The van der Waals surface area contributed by atoms with Crippen LogP contribution in [0.2, 0.25) is 0 Å². The maximum Gasteiger partial charge on any atom is 0.273 e. The van der Waals surface area contributed by atoms with Crippen molar-refractivity contribution in [2.24, 2.45) is 0 Å². The predicted molar refractivity (Wildman–Crippen MR) is 102 cm³/mol. The number of nitrogens with zero attached hydrogens (tertiary/aromatic N) is 1. The fourth-order valence-electron chi connectivity index (χ4n) is 3.08. The van der Waals surface area contributed by atoms with Crippen LogP contribution in [0.4, 0.5) is 5.69 Å². The van der Waals surface area contributed by atoms with E-state index in [0.717, 1.165) is 33.3 Å². The van der Waals surface area contributed by atoms with Crippen LogP contribution in [0.25, 0.3) is 10.9 Å². The minimum absolute atomic E-state index is 0.270. The lowest BCUT2D eigenvalue weighted by Crippen LogP contribution is -2.42. The zero-order valence-corrected chi connectivity index (χ0v) is 15.3. The van der Waals surface area contributed by atoms with Crippen LogP contribution >= 0.6 is 0 Å². The van der Waals surface area contributed by atoms with Crippen molar-refractivity contribution in [2.75, 3.05) is 5.32 Å². The molecule has 3 N–H and O–H groups in total. The first-order valence-corrected chi connectivity index (χ1v) is 8.49. The van der Waals surface area contributed by atoms with Gasteiger partial charge < -0.3 is 10.6 Å². The molecule has 1 aromatic heterocycles. The quantitative estimate of drug-likeness (QED) is 0.675. The molecule has 0 saturated carbocycles. The average molecular weight is 350 g/mol. The van der Waals surface area contributed by atoms with Gasteiger partial charge in [-0.2, -0.15) is 5.10 Å². The molecule has 134 valence electrons. The molecule has 0 spiro atoms. The van der Waals surface area contributed by atoms with Crippen molar-refractivity contribution in [3.05, 3.63) is 58.8 Å². The Balaban J connectivity index is 1.72. The fourth-order valence-corrected chi connectivity index (χ4v) is 3.08. The zero-order chi connectivity index (χ0) is 18.8. The van der Waals surface area contributed by atoms with Gasteiger partial charge in [-0.05, 0) is 44.9 Å². The number of rotatable bonds is 4. The van der Waals surface area contributed by atoms with E-state index in [9.17, 15) is 9.59 Å². The lowest BCUT2D eigenvalue weighted by Gasteiger charge is -2.17. The summed E-state index contributed by atoms with van der Waals surface area (Å²) in [5.74, 6) is -0.657. The number of amides is 2. The molecule has 1 atom stereocenters. The number of carbonyl (C=O) groups is 2. The Bertz CT molecular complexity index is 967. The number of nitrogens with one attached hydrogen (secondary N) is 3. The van der Waals surface area contributed by atoms with Crippen LogP contribution in [0.3, 0.4) is 0 Å². The van der Waals surface area contributed by atoms with Gasteiger partial charge in [0.25, 0.3) is 5.91 Å². The van der Waals surface area contributed by atoms with E-state index in [4.69, 9.17) is 0 Å². The van der Waals surface area contributed by atoms with Gasteiger partial charge in [0.15, 0.2) is 5.69 Å². The molecule has 3 aromatic rings. The number of para-hydroxylation sites is 1. The van der Waals surface area contributed by atoms with Gasteiger partial charge in [-0.15, -0.1) is 0 Å². The highest BCUT2D eigenvalue weighted by molar-refractivity contribution is 6.07. The fraction of sp³-hybridized carbons (Fsp3) is 0.250. The minimum atomic E-state index is -0.696. The first-order chi connectivity index (χ1) is 12.4. The van der Waals surface area contributed by atoms with Gasteiger partial charge in [0.1, 0.15) is 6.04 Å². The summed E-state index contributed by atoms with van der Waals surface area (Å²) in [6.45, 7) is 7.58. The second kappa shape index (κ2) is 7.00. The molecule has 26 heavy (non-hydrogen) atoms. The lowest BCUT2D eigenvalue weighted by molar-refractivity contribution is -0.117. The Kier molecular flexibility index (Phi) is 4.75. The smallest absolute Gasteiger partial charge is 0.273 e. The summed E-state index contributed by atoms with van der Waals surface area (Å²) in [7, 11) is 0. The molecule has 3 rings (SSSR count). The molecule has 2 amide bonds. The first-order valence-electron chi connectivity index (χ1n) is 8.49. The molecule has 1 unspecified atom stereocenters. The van der Waals surface area contributed by atoms with E-state index < -0.39 is 6.04 Å². The first kappa shape index (κ1) is 17.7. The van der Waals surface area contributed by atoms with Crippen molar-refractivity contribution in [2.45, 2.75) is 33.7 Å². The Morgan fingerprint density at radius 3 is 2.42 bits per heavy atom. The summed E-state index contributed by atoms with van der Waals surface area (Å²) >= 11 is 0. The molecule has 2 aromatic carbocycles. The average Bonchev–Trinajstić information content (AvgIpc) is 3.02. The van der Waals surface area contributed by atoms with Crippen LogP contribution < -0.4 is 10.6 Å². The number of carbonyl (C=O) groups excluding carboxylic acids is 2. The van der Waals surface area contributed by atoms with Gasteiger partial charge in [-0.1, -0.05) is 35.9 Å². The van der Waals surface area contributed by atoms with E-state index in [-0.39, 0.29) is 17.5 Å². The second-order valence-electron chi connectivity index (χ2n) is 6.58. The highest BCUT2D eigenvalue weighted by atomic mass is 16.2. The van der Waals surface area contributed by atoms with Crippen molar-refractivity contribution in [3.63, 3.8) is 0 Å². The Morgan fingerprint density at radius 2 is 1.73 bits per heavy atom. The number of aromatic amines is 1. The zero-order valence-electron chi connectivity index (χ0n) is 15.3. The molecule has 0 bridgehead atoms.